The molecular formula is C9H9ClN2O2. The summed E-state index contributed by atoms with van der Waals surface area (Å²) in [4.78, 5) is 10.7. The highest BCUT2D eigenvalue weighted by Gasteiger charge is 2.20. The number of aryl methyl sites for hydroxylation is 1. The van der Waals surface area contributed by atoms with E-state index in [0.717, 1.165) is 36.9 Å². The fourth-order valence-corrected chi connectivity index (χ4v) is 1.99. The minimum Gasteiger partial charge on any atom is -0.476 e. The predicted octanol–water partition coefficient (Wildman–Crippen LogP) is 1.71. The minimum atomic E-state index is -1.11. The normalized spacial score (nSPS) is 14.9. The van der Waals surface area contributed by atoms with E-state index in [2.05, 4.69) is 10.2 Å². The van der Waals surface area contributed by atoms with Crippen LogP contribution in [0.25, 0.3) is 0 Å². The molecule has 2 rings (SSSR count). The minimum absolute atomic E-state index is 0.132. The van der Waals surface area contributed by atoms with Gasteiger partial charge in [-0.2, -0.15) is 5.10 Å². The molecule has 1 aliphatic rings. The van der Waals surface area contributed by atoms with Crippen molar-refractivity contribution >= 4 is 17.6 Å². The van der Waals surface area contributed by atoms with Crippen molar-refractivity contribution in [3.8, 4) is 0 Å². The van der Waals surface area contributed by atoms with Crippen LogP contribution in [0.2, 0.25) is 5.02 Å². The van der Waals surface area contributed by atoms with Crippen LogP contribution in [0.3, 0.4) is 0 Å². The summed E-state index contributed by atoms with van der Waals surface area (Å²) in [5.74, 6) is -1.11. The zero-order valence-electron chi connectivity index (χ0n) is 7.46. The van der Waals surface area contributed by atoms with Gasteiger partial charge in [0.25, 0.3) is 0 Å². The molecule has 14 heavy (non-hydrogen) atoms. The first kappa shape index (κ1) is 9.40. The molecule has 4 nitrogen and oxygen atoms in total. The number of aromatic carboxylic acids is 1. The van der Waals surface area contributed by atoms with Crippen LogP contribution in [0.4, 0.5) is 0 Å². The standard InChI is InChI=1S/C9H9ClN2O2/c10-7-5-3-1-2-4-6(5)11-12-8(7)9(13)14/h1-4H2,(H,13,14). The van der Waals surface area contributed by atoms with Crippen LogP contribution in [-0.4, -0.2) is 21.3 Å². The van der Waals surface area contributed by atoms with Gasteiger partial charge in [0.1, 0.15) is 0 Å². The summed E-state index contributed by atoms with van der Waals surface area (Å²) in [6.07, 6.45) is 3.77. The van der Waals surface area contributed by atoms with Gasteiger partial charge in [0, 0.05) is 0 Å². The van der Waals surface area contributed by atoms with Gasteiger partial charge in [-0.1, -0.05) is 11.6 Å². The summed E-state index contributed by atoms with van der Waals surface area (Å²) >= 11 is 5.94. The van der Waals surface area contributed by atoms with E-state index in [-0.39, 0.29) is 10.7 Å². The molecule has 5 heteroatoms. The van der Waals surface area contributed by atoms with Gasteiger partial charge >= 0.3 is 5.97 Å². The second kappa shape index (κ2) is 3.53. The van der Waals surface area contributed by atoms with E-state index < -0.39 is 5.97 Å². The molecule has 0 fully saturated rings. The number of carboxylic acid groups (broad SMARTS) is 1. The highest BCUT2D eigenvalue weighted by Crippen LogP contribution is 2.27. The number of rotatable bonds is 1. The second-order valence-corrected chi connectivity index (χ2v) is 3.68. The lowest BCUT2D eigenvalue weighted by molar-refractivity contribution is 0.0689. The van der Waals surface area contributed by atoms with Crippen molar-refractivity contribution in [2.45, 2.75) is 25.7 Å². The Morgan fingerprint density at radius 3 is 2.71 bits per heavy atom. The molecule has 0 spiro atoms. The van der Waals surface area contributed by atoms with Crippen LogP contribution in [0.5, 0.6) is 0 Å². The maximum absolute atomic E-state index is 10.7. The van der Waals surface area contributed by atoms with Gasteiger partial charge in [-0.15, -0.1) is 5.10 Å². The van der Waals surface area contributed by atoms with Crippen molar-refractivity contribution < 1.29 is 9.90 Å². The lowest BCUT2D eigenvalue weighted by Gasteiger charge is -2.15. The van der Waals surface area contributed by atoms with Crippen molar-refractivity contribution in [2.75, 3.05) is 0 Å². The Morgan fingerprint density at radius 2 is 2.00 bits per heavy atom. The summed E-state index contributed by atoms with van der Waals surface area (Å²) in [5, 5.41) is 16.5. The number of aromatic nitrogens is 2. The van der Waals surface area contributed by atoms with Crippen LogP contribution in [0.1, 0.15) is 34.6 Å². The Bertz CT molecular complexity index is 393. The van der Waals surface area contributed by atoms with E-state index in [9.17, 15) is 4.79 Å². The molecule has 1 aliphatic carbocycles. The summed E-state index contributed by atoms with van der Waals surface area (Å²) < 4.78 is 0. The zero-order valence-corrected chi connectivity index (χ0v) is 8.21. The summed E-state index contributed by atoms with van der Waals surface area (Å²) in [5.41, 5.74) is 1.59. The second-order valence-electron chi connectivity index (χ2n) is 3.30. The highest BCUT2D eigenvalue weighted by atomic mass is 35.5. The third-order valence-corrected chi connectivity index (χ3v) is 2.79. The number of carboxylic acids is 1. The van der Waals surface area contributed by atoms with E-state index in [1.807, 2.05) is 0 Å². The first-order valence-electron chi connectivity index (χ1n) is 4.47. The van der Waals surface area contributed by atoms with Crippen molar-refractivity contribution in [2.24, 2.45) is 0 Å². The van der Waals surface area contributed by atoms with Crippen molar-refractivity contribution in [1.29, 1.82) is 0 Å². The first-order valence-corrected chi connectivity index (χ1v) is 4.85. The monoisotopic (exact) mass is 212 g/mol. The molecule has 0 bridgehead atoms. The van der Waals surface area contributed by atoms with E-state index in [1.54, 1.807) is 0 Å². The molecule has 0 radical (unpaired) electrons. The molecule has 0 atom stereocenters. The van der Waals surface area contributed by atoms with Crippen molar-refractivity contribution in [3.63, 3.8) is 0 Å². The largest absolute Gasteiger partial charge is 0.476 e. The Labute approximate surface area is 85.9 Å². The Balaban J connectivity index is 2.54. The number of fused-ring (bicyclic) bond motifs is 1. The molecule has 1 aromatic heterocycles. The lowest BCUT2D eigenvalue weighted by Crippen LogP contribution is -2.12. The molecule has 0 unspecified atom stereocenters. The smallest absolute Gasteiger partial charge is 0.358 e. The molecule has 0 saturated heterocycles. The predicted molar refractivity (Wildman–Crippen MR) is 50.6 cm³/mol. The molecular weight excluding hydrogens is 204 g/mol. The highest BCUT2D eigenvalue weighted by molar-refractivity contribution is 6.34. The van der Waals surface area contributed by atoms with Crippen LogP contribution >= 0.6 is 11.6 Å². The fraction of sp³-hybridized carbons (Fsp3) is 0.444. The molecule has 1 aromatic rings. The maximum Gasteiger partial charge on any atom is 0.358 e. The summed E-state index contributed by atoms with van der Waals surface area (Å²) in [6, 6.07) is 0. The van der Waals surface area contributed by atoms with Crippen molar-refractivity contribution in [3.05, 3.63) is 22.0 Å². The average molecular weight is 213 g/mol. The van der Waals surface area contributed by atoms with Gasteiger partial charge in [0.2, 0.25) is 0 Å². The Morgan fingerprint density at radius 1 is 1.29 bits per heavy atom. The van der Waals surface area contributed by atoms with Gasteiger partial charge in [0.15, 0.2) is 5.69 Å². The molecule has 1 N–H and O–H groups in total. The average Bonchev–Trinajstić information content (AvgIpc) is 2.18. The Hall–Kier alpha value is -1.16. The number of hydrogen-bond acceptors (Lipinski definition) is 3. The van der Waals surface area contributed by atoms with Crippen LogP contribution in [-0.2, 0) is 12.8 Å². The maximum atomic E-state index is 10.7. The van der Waals surface area contributed by atoms with E-state index in [4.69, 9.17) is 16.7 Å². The van der Waals surface area contributed by atoms with E-state index in [0.29, 0.717) is 0 Å². The van der Waals surface area contributed by atoms with Crippen LogP contribution < -0.4 is 0 Å². The van der Waals surface area contributed by atoms with Crippen molar-refractivity contribution in [1.82, 2.24) is 10.2 Å². The van der Waals surface area contributed by atoms with Crippen LogP contribution in [0, 0.1) is 0 Å². The number of nitrogens with zero attached hydrogens (tertiary/aromatic N) is 2. The third-order valence-electron chi connectivity index (χ3n) is 2.38. The summed E-state index contributed by atoms with van der Waals surface area (Å²) in [7, 11) is 0. The molecule has 0 aromatic carbocycles. The lowest BCUT2D eigenvalue weighted by atomic mass is 9.96. The van der Waals surface area contributed by atoms with Crippen LogP contribution in [0.15, 0.2) is 0 Å². The van der Waals surface area contributed by atoms with E-state index in [1.165, 1.54) is 0 Å². The topological polar surface area (TPSA) is 63.1 Å². The fourth-order valence-electron chi connectivity index (χ4n) is 1.67. The quantitative estimate of drug-likeness (QED) is 0.770. The molecule has 0 saturated carbocycles. The third kappa shape index (κ3) is 1.46. The van der Waals surface area contributed by atoms with E-state index >= 15 is 0 Å². The molecule has 0 amide bonds. The van der Waals surface area contributed by atoms with Gasteiger partial charge in [-0.3, -0.25) is 0 Å². The van der Waals surface area contributed by atoms with Gasteiger partial charge in [-0.25, -0.2) is 4.79 Å². The van der Waals surface area contributed by atoms with Gasteiger partial charge < -0.3 is 5.11 Å². The number of halogens is 1. The molecule has 0 aliphatic heterocycles. The first-order chi connectivity index (χ1) is 6.70. The Kier molecular flexibility index (Phi) is 2.37. The molecule has 74 valence electrons. The SMILES string of the molecule is O=C(O)c1nnc2c(c1Cl)CCCC2. The zero-order chi connectivity index (χ0) is 10.1. The van der Waals surface area contributed by atoms with Gasteiger partial charge in [0.05, 0.1) is 10.7 Å². The number of hydrogen-bond donors (Lipinski definition) is 1. The summed E-state index contributed by atoms with van der Waals surface area (Å²) in [6.45, 7) is 0. The number of carbonyl (C=O) groups is 1. The molecule has 1 heterocycles. The van der Waals surface area contributed by atoms with Gasteiger partial charge in [-0.05, 0) is 31.2 Å².